The number of piperidine rings is 3. The first-order valence-corrected chi connectivity index (χ1v) is 10.3. The van der Waals surface area contributed by atoms with Crippen molar-refractivity contribution in [2.75, 3.05) is 26.7 Å². The fraction of sp³-hybridized carbons (Fsp3) is 0.545. The number of likely N-dealkylation sites (tertiary alicyclic amines) is 1. The summed E-state index contributed by atoms with van der Waals surface area (Å²) in [5, 5.41) is 4.40. The fourth-order valence-corrected chi connectivity index (χ4v) is 5.76. The molecule has 4 aliphatic heterocycles. The van der Waals surface area contributed by atoms with Gasteiger partial charge in [0.15, 0.2) is 0 Å². The summed E-state index contributed by atoms with van der Waals surface area (Å²) < 4.78 is 7.08. The molecule has 1 amide bonds. The SMILES string of the molecule is COc1ccc([C@H]2CN(C(=O)c3cn(C)nc3C)[C@H]3C4CCN(CC4)[C@@H]23)cc1. The smallest absolute Gasteiger partial charge is 0.257 e. The second kappa shape index (κ2) is 6.62. The third-order valence-electron chi connectivity index (χ3n) is 7.04. The van der Waals surface area contributed by atoms with Crippen LogP contribution < -0.4 is 4.74 Å². The molecule has 0 unspecified atom stereocenters. The number of hydrogen-bond donors (Lipinski definition) is 0. The Morgan fingerprint density at radius 1 is 1.14 bits per heavy atom. The third-order valence-corrected chi connectivity index (χ3v) is 7.04. The van der Waals surface area contributed by atoms with Crippen LogP contribution in [0.1, 0.15) is 40.4 Å². The molecule has 6 heteroatoms. The van der Waals surface area contributed by atoms with Crippen molar-refractivity contribution in [2.45, 2.75) is 37.8 Å². The number of benzene rings is 1. The van der Waals surface area contributed by atoms with Crippen LogP contribution in [-0.2, 0) is 7.05 Å². The lowest BCUT2D eigenvalue weighted by Crippen LogP contribution is -2.60. The number of fused-ring (bicyclic) bond motifs is 2. The summed E-state index contributed by atoms with van der Waals surface area (Å²) in [7, 11) is 3.58. The van der Waals surface area contributed by atoms with E-state index >= 15 is 0 Å². The molecule has 1 aromatic carbocycles. The van der Waals surface area contributed by atoms with Gasteiger partial charge in [0, 0.05) is 31.7 Å². The first-order valence-electron chi connectivity index (χ1n) is 10.3. The molecule has 28 heavy (non-hydrogen) atoms. The van der Waals surface area contributed by atoms with Crippen molar-refractivity contribution in [3.8, 4) is 5.75 Å². The Labute approximate surface area is 166 Å². The predicted octanol–water partition coefficient (Wildman–Crippen LogP) is 2.44. The molecule has 1 aromatic heterocycles. The van der Waals surface area contributed by atoms with Gasteiger partial charge in [0.2, 0.25) is 0 Å². The van der Waals surface area contributed by atoms with Gasteiger partial charge >= 0.3 is 0 Å². The molecule has 4 aliphatic rings. The maximum Gasteiger partial charge on any atom is 0.257 e. The second-order valence-electron chi connectivity index (χ2n) is 8.49. The van der Waals surface area contributed by atoms with Crippen LogP contribution in [0.4, 0.5) is 0 Å². The van der Waals surface area contributed by atoms with Crippen LogP contribution in [0, 0.1) is 12.8 Å². The van der Waals surface area contributed by atoms with E-state index in [-0.39, 0.29) is 5.91 Å². The average molecular weight is 380 g/mol. The Balaban J connectivity index is 1.51. The van der Waals surface area contributed by atoms with Crippen LogP contribution in [0.5, 0.6) is 5.75 Å². The van der Waals surface area contributed by atoms with Crippen molar-refractivity contribution in [1.82, 2.24) is 19.6 Å². The minimum atomic E-state index is 0.144. The van der Waals surface area contributed by atoms with Gasteiger partial charge in [-0.2, -0.15) is 5.10 Å². The van der Waals surface area contributed by atoms with Crippen LogP contribution in [0.3, 0.4) is 0 Å². The molecule has 148 valence electrons. The molecule has 0 aliphatic carbocycles. The normalized spacial score (nSPS) is 31.1. The van der Waals surface area contributed by atoms with Gasteiger partial charge in [-0.1, -0.05) is 12.1 Å². The van der Waals surface area contributed by atoms with Crippen LogP contribution >= 0.6 is 0 Å². The Hall–Kier alpha value is -2.34. The van der Waals surface area contributed by atoms with Crippen LogP contribution in [0.2, 0.25) is 0 Å². The zero-order valence-electron chi connectivity index (χ0n) is 16.8. The first-order chi connectivity index (χ1) is 13.6. The van der Waals surface area contributed by atoms with Crippen LogP contribution in [-0.4, -0.2) is 64.3 Å². The van der Waals surface area contributed by atoms with E-state index < -0.39 is 0 Å². The quantitative estimate of drug-likeness (QED) is 0.821. The number of rotatable bonds is 3. The summed E-state index contributed by atoms with van der Waals surface area (Å²) in [5.74, 6) is 1.98. The summed E-state index contributed by atoms with van der Waals surface area (Å²) in [6.07, 6.45) is 4.27. The van der Waals surface area contributed by atoms with E-state index in [0.29, 0.717) is 23.9 Å². The highest BCUT2D eigenvalue weighted by Gasteiger charge is 2.54. The number of amides is 1. The first kappa shape index (κ1) is 17.7. The Morgan fingerprint density at radius 3 is 2.46 bits per heavy atom. The van der Waals surface area contributed by atoms with E-state index in [2.05, 4.69) is 27.0 Å². The molecule has 2 aromatic rings. The second-order valence-corrected chi connectivity index (χ2v) is 8.49. The monoisotopic (exact) mass is 380 g/mol. The molecular weight excluding hydrogens is 352 g/mol. The summed E-state index contributed by atoms with van der Waals surface area (Å²) in [4.78, 5) is 18.3. The van der Waals surface area contributed by atoms with Crippen molar-refractivity contribution in [3.63, 3.8) is 0 Å². The average Bonchev–Trinajstić information content (AvgIpc) is 3.30. The summed E-state index contributed by atoms with van der Waals surface area (Å²) in [6, 6.07) is 9.15. The number of ether oxygens (including phenoxy) is 1. The number of methoxy groups -OCH3 is 1. The lowest BCUT2D eigenvalue weighted by molar-refractivity contribution is -0.00343. The number of hydrogen-bond acceptors (Lipinski definition) is 4. The minimum Gasteiger partial charge on any atom is -0.497 e. The molecule has 0 spiro atoms. The Morgan fingerprint density at radius 2 is 1.86 bits per heavy atom. The predicted molar refractivity (Wildman–Crippen MR) is 107 cm³/mol. The van der Waals surface area contributed by atoms with Gasteiger partial charge in [0.1, 0.15) is 5.75 Å². The van der Waals surface area contributed by atoms with Gasteiger partial charge in [-0.3, -0.25) is 14.4 Å². The van der Waals surface area contributed by atoms with Gasteiger partial charge in [0.25, 0.3) is 5.91 Å². The maximum atomic E-state index is 13.5. The van der Waals surface area contributed by atoms with Crippen molar-refractivity contribution < 1.29 is 9.53 Å². The number of aryl methyl sites for hydroxylation is 2. The fourth-order valence-electron chi connectivity index (χ4n) is 5.76. The molecule has 6 nitrogen and oxygen atoms in total. The molecule has 6 rings (SSSR count). The molecule has 4 saturated heterocycles. The number of aromatic nitrogens is 2. The lowest BCUT2D eigenvalue weighted by Gasteiger charge is -2.51. The van der Waals surface area contributed by atoms with Crippen molar-refractivity contribution in [3.05, 3.63) is 47.3 Å². The highest BCUT2D eigenvalue weighted by molar-refractivity contribution is 5.95. The molecule has 2 bridgehead atoms. The van der Waals surface area contributed by atoms with E-state index in [1.165, 1.54) is 18.4 Å². The van der Waals surface area contributed by atoms with Gasteiger partial charge in [-0.25, -0.2) is 0 Å². The Bertz CT molecular complexity index is 882. The molecule has 0 saturated carbocycles. The Kier molecular flexibility index (Phi) is 4.19. The molecule has 0 radical (unpaired) electrons. The summed E-state index contributed by atoms with van der Waals surface area (Å²) in [5.41, 5.74) is 2.87. The number of carbonyl (C=O) groups is 1. The standard InChI is InChI=1S/C22H28N4O2/c1-14-18(12-24(2)23-14)22(27)26-13-19(15-4-6-17(28-3)7-5-15)21-20(26)16-8-10-25(21)11-9-16/h4-7,12,16,19-21H,8-11,13H2,1-3H3/t19-,20+,21+/m1/s1. The highest BCUT2D eigenvalue weighted by Crippen LogP contribution is 2.47. The van der Waals surface area contributed by atoms with Crippen molar-refractivity contribution in [2.24, 2.45) is 13.0 Å². The van der Waals surface area contributed by atoms with Crippen molar-refractivity contribution in [1.29, 1.82) is 0 Å². The largest absolute Gasteiger partial charge is 0.497 e. The molecule has 4 fully saturated rings. The van der Waals surface area contributed by atoms with E-state index in [9.17, 15) is 4.79 Å². The van der Waals surface area contributed by atoms with Gasteiger partial charge in [-0.05, 0) is 56.5 Å². The summed E-state index contributed by atoms with van der Waals surface area (Å²) >= 11 is 0. The van der Waals surface area contributed by atoms with Gasteiger partial charge in [0.05, 0.1) is 24.4 Å². The third kappa shape index (κ3) is 2.65. The van der Waals surface area contributed by atoms with E-state index in [4.69, 9.17) is 4.74 Å². The van der Waals surface area contributed by atoms with Crippen LogP contribution in [0.25, 0.3) is 0 Å². The molecule has 5 heterocycles. The highest BCUT2D eigenvalue weighted by atomic mass is 16.5. The summed E-state index contributed by atoms with van der Waals surface area (Å²) in [6.45, 7) is 5.03. The minimum absolute atomic E-state index is 0.144. The van der Waals surface area contributed by atoms with Gasteiger partial charge in [-0.15, -0.1) is 0 Å². The van der Waals surface area contributed by atoms with Gasteiger partial charge < -0.3 is 9.64 Å². The van der Waals surface area contributed by atoms with Crippen LogP contribution in [0.15, 0.2) is 30.5 Å². The maximum absolute atomic E-state index is 13.5. The zero-order valence-corrected chi connectivity index (χ0v) is 16.8. The zero-order chi connectivity index (χ0) is 19.4. The number of carbonyl (C=O) groups excluding carboxylic acids is 1. The van der Waals surface area contributed by atoms with Crippen molar-refractivity contribution >= 4 is 5.91 Å². The van der Waals surface area contributed by atoms with E-state index in [1.54, 1.807) is 11.8 Å². The molecule has 3 atom stereocenters. The van der Waals surface area contributed by atoms with E-state index in [0.717, 1.165) is 36.6 Å². The lowest BCUT2D eigenvalue weighted by atomic mass is 9.75. The number of nitrogens with zero attached hydrogens (tertiary/aromatic N) is 4. The molecule has 0 N–H and O–H groups in total. The van der Waals surface area contributed by atoms with E-state index in [1.807, 2.05) is 32.3 Å². The molecular formula is C22H28N4O2. The topological polar surface area (TPSA) is 50.6 Å².